The number of rotatable bonds is 6. The summed E-state index contributed by atoms with van der Waals surface area (Å²) < 4.78 is 5.60. The van der Waals surface area contributed by atoms with Gasteiger partial charge < -0.3 is 15.6 Å². The average Bonchev–Trinajstić information content (AvgIpc) is 2.29. The van der Waals surface area contributed by atoms with Crippen LogP contribution in [0.1, 0.15) is 25.8 Å². The molecule has 4 N–H and O–H groups in total. The number of para-hydroxylation sites is 1. The van der Waals surface area contributed by atoms with Crippen LogP contribution in [0.25, 0.3) is 0 Å². The maximum Gasteiger partial charge on any atom is 0.124 e. The largest absolute Gasteiger partial charge is 0.493 e. The standard InChI is InChI=1S/C13H20N2O2/c1-13(2,12(14)15)7-8-17-11-6-4-3-5-10(11)9-16/h3-6,16H,7-9H2,1-2H3,(H3,14,15). The molecule has 0 heterocycles. The zero-order chi connectivity index (χ0) is 12.9. The van der Waals surface area contributed by atoms with Gasteiger partial charge in [0.25, 0.3) is 0 Å². The average molecular weight is 236 g/mol. The monoisotopic (exact) mass is 236 g/mol. The number of hydrogen-bond acceptors (Lipinski definition) is 3. The Balaban J connectivity index is 2.54. The Morgan fingerprint density at radius 2 is 2.06 bits per heavy atom. The molecule has 0 amide bonds. The van der Waals surface area contributed by atoms with Crippen molar-refractivity contribution in [3.8, 4) is 5.75 Å². The Morgan fingerprint density at radius 3 is 2.65 bits per heavy atom. The fraction of sp³-hybridized carbons (Fsp3) is 0.462. The summed E-state index contributed by atoms with van der Waals surface area (Å²) in [6, 6.07) is 7.38. The zero-order valence-electron chi connectivity index (χ0n) is 10.4. The first kappa shape index (κ1) is 13.5. The molecule has 4 nitrogen and oxygen atoms in total. The first-order valence-electron chi connectivity index (χ1n) is 5.63. The first-order chi connectivity index (χ1) is 7.97. The van der Waals surface area contributed by atoms with E-state index in [1.54, 1.807) is 0 Å². The predicted molar refractivity (Wildman–Crippen MR) is 68.2 cm³/mol. The summed E-state index contributed by atoms with van der Waals surface area (Å²) in [4.78, 5) is 0. The molecule has 0 radical (unpaired) electrons. The van der Waals surface area contributed by atoms with Crippen LogP contribution in [0.15, 0.2) is 24.3 Å². The third-order valence-corrected chi connectivity index (χ3v) is 2.86. The Labute approximate surface area is 102 Å². The first-order valence-corrected chi connectivity index (χ1v) is 5.63. The molecule has 4 heteroatoms. The number of aliphatic hydroxyl groups excluding tert-OH is 1. The molecule has 0 saturated heterocycles. The van der Waals surface area contributed by atoms with Crippen LogP contribution in [0.3, 0.4) is 0 Å². The molecule has 0 unspecified atom stereocenters. The number of ether oxygens (including phenoxy) is 1. The van der Waals surface area contributed by atoms with Crippen molar-refractivity contribution in [3.63, 3.8) is 0 Å². The molecule has 0 atom stereocenters. The maximum atomic E-state index is 9.13. The Kier molecular flexibility index (Phi) is 4.52. The van der Waals surface area contributed by atoms with Gasteiger partial charge in [-0.2, -0.15) is 0 Å². The van der Waals surface area contributed by atoms with Gasteiger partial charge in [0.05, 0.1) is 19.0 Å². The lowest BCUT2D eigenvalue weighted by molar-refractivity contribution is 0.246. The molecule has 0 fully saturated rings. The summed E-state index contributed by atoms with van der Waals surface area (Å²) >= 11 is 0. The lowest BCUT2D eigenvalue weighted by atomic mass is 9.88. The summed E-state index contributed by atoms with van der Waals surface area (Å²) in [5.41, 5.74) is 5.91. The van der Waals surface area contributed by atoms with Crippen LogP contribution < -0.4 is 10.5 Å². The van der Waals surface area contributed by atoms with E-state index in [4.69, 9.17) is 21.0 Å². The number of hydrogen-bond donors (Lipinski definition) is 3. The van der Waals surface area contributed by atoms with Gasteiger partial charge in [0, 0.05) is 11.0 Å². The lowest BCUT2D eigenvalue weighted by Gasteiger charge is -2.23. The smallest absolute Gasteiger partial charge is 0.124 e. The van der Waals surface area contributed by atoms with Crippen molar-refractivity contribution < 1.29 is 9.84 Å². The van der Waals surface area contributed by atoms with Gasteiger partial charge in [-0.25, -0.2) is 0 Å². The second kappa shape index (κ2) is 5.68. The van der Waals surface area contributed by atoms with E-state index in [1.807, 2.05) is 38.1 Å². The van der Waals surface area contributed by atoms with Crippen LogP contribution >= 0.6 is 0 Å². The normalized spacial score (nSPS) is 11.2. The summed E-state index contributed by atoms with van der Waals surface area (Å²) in [7, 11) is 0. The van der Waals surface area contributed by atoms with Crippen molar-refractivity contribution >= 4 is 5.84 Å². The molecule has 0 bridgehead atoms. The van der Waals surface area contributed by atoms with Crippen molar-refractivity contribution in [1.29, 1.82) is 5.41 Å². The molecule has 0 aliphatic rings. The second-order valence-electron chi connectivity index (χ2n) is 4.66. The minimum absolute atomic E-state index is 0.0354. The second-order valence-corrected chi connectivity index (χ2v) is 4.66. The minimum Gasteiger partial charge on any atom is -0.493 e. The maximum absolute atomic E-state index is 9.13. The van der Waals surface area contributed by atoms with Gasteiger partial charge in [-0.15, -0.1) is 0 Å². The van der Waals surface area contributed by atoms with E-state index in [0.717, 1.165) is 5.56 Å². The van der Waals surface area contributed by atoms with Crippen LogP contribution in [-0.2, 0) is 6.61 Å². The van der Waals surface area contributed by atoms with Crippen molar-refractivity contribution in [1.82, 2.24) is 0 Å². The van der Waals surface area contributed by atoms with Crippen molar-refractivity contribution in [2.24, 2.45) is 11.1 Å². The van der Waals surface area contributed by atoms with E-state index in [2.05, 4.69) is 0 Å². The van der Waals surface area contributed by atoms with Crippen LogP contribution in [0.5, 0.6) is 5.75 Å². The van der Waals surface area contributed by atoms with Gasteiger partial charge in [-0.3, -0.25) is 5.41 Å². The van der Waals surface area contributed by atoms with Gasteiger partial charge in [0.2, 0.25) is 0 Å². The molecule has 94 valence electrons. The molecule has 1 rings (SSSR count). The Morgan fingerprint density at radius 1 is 1.41 bits per heavy atom. The number of aliphatic hydroxyl groups is 1. The molecular formula is C13H20N2O2. The summed E-state index contributed by atoms with van der Waals surface area (Å²) in [5, 5.41) is 16.6. The van der Waals surface area contributed by atoms with Gasteiger partial charge in [-0.1, -0.05) is 32.0 Å². The highest BCUT2D eigenvalue weighted by atomic mass is 16.5. The van der Waals surface area contributed by atoms with Crippen LogP contribution in [-0.4, -0.2) is 17.5 Å². The van der Waals surface area contributed by atoms with Crippen LogP contribution in [0, 0.1) is 10.8 Å². The quantitative estimate of drug-likeness (QED) is 0.521. The number of benzene rings is 1. The zero-order valence-corrected chi connectivity index (χ0v) is 10.4. The highest BCUT2D eigenvalue weighted by molar-refractivity contribution is 5.82. The third kappa shape index (κ3) is 3.75. The topological polar surface area (TPSA) is 79.3 Å². The number of amidine groups is 1. The molecule has 17 heavy (non-hydrogen) atoms. The molecule has 1 aromatic carbocycles. The number of nitrogens with two attached hydrogens (primary N) is 1. The molecule has 1 aromatic rings. The van der Waals surface area contributed by atoms with E-state index >= 15 is 0 Å². The molecule has 0 aliphatic heterocycles. The minimum atomic E-state index is -0.353. The summed E-state index contributed by atoms with van der Waals surface area (Å²) in [6.07, 6.45) is 0.669. The molecule has 0 saturated carbocycles. The van der Waals surface area contributed by atoms with Gasteiger partial charge in [0.15, 0.2) is 0 Å². The van der Waals surface area contributed by atoms with Crippen LogP contribution in [0.4, 0.5) is 0 Å². The van der Waals surface area contributed by atoms with Gasteiger partial charge >= 0.3 is 0 Å². The van der Waals surface area contributed by atoms with E-state index < -0.39 is 0 Å². The van der Waals surface area contributed by atoms with E-state index in [1.165, 1.54) is 0 Å². The SMILES string of the molecule is CC(C)(CCOc1ccccc1CO)C(=N)N. The Bertz CT molecular complexity index is 389. The molecule has 0 spiro atoms. The molecular weight excluding hydrogens is 216 g/mol. The lowest BCUT2D eigenvalue weighted by Crippen LogP contribution is -2.32. The van der Waals surface area contributed by atoms with Crippen molar-refractivity contribution in [2.75, 3.05) is 6.61 Å². The number of nitrogens with one attached hydrogen (secondary N) is 1. The predicted octanol–water partition coefficient (Wildman–Crippen LogP) is 1.91. The van der Waals surface area contributed by atoms with E-state index in [9.17, 15) is 0 Å². The molecule has 0 aromatic heterocycles. The van der Waals surface area contributed by atoms with Gasteiger partial charge in [0.1, 0.15) is 5.75 Å². The van der Waals surface area contributed by atoms with Crippen molar-refractivity contribution in [2.45, 2.75) is 26.9 Å². The summed E-state index contributed by atoms with van der Waals surface area (Å²) in [6.45, 7) is 4.27. The highest BCUT2D eigenvalue weighted by Gasteiger charge is 2.21. The van der Waals surface area contributed by atoms with E-state index in [-0.39, 0.29) is 17.9 Å². The highest BCUT2D eigenvalue weighted by Crippen LogP contribution is 2.22. The summed E-state index contributed by atoms with van der Waals surface area (Å²) in [5.74, 6) is 0.853. The van der Waals surface area contributed by atoms with Gasteiger partial charge in [-0.05, 0) is 12.5 Å². The fourth-order valence-electron chi connectivity index (χ4n) is 1.33. The third-order valence-electron chi connectivity index (χ3n) is 2.86. The van der Waals surface area contributed by atoms with Crippen molar-refractivity contribution in [3.05, 3.63) is 29.8 Å². The van der Waals surface area contributed by atoms with E-state index in [0.29, 0.717) is 18.8 Å². The molecule has 0 aliphatic carbocycles. The van der Waals surface area contributed by atoms with Crippen LogP contribution in [0.2, 0.25) is 0 Å². The Hall–Kier alpha value is -1.55. The fourth-order valence-corrected chi connectivity index (χ4v) is 1.33.